The third-order valence-corrected chi connectivity index (χ3v) is 4.04. The van der Waals surface area contributed by atoms with Crippen LogP contribution in [0.5, 0.6) is 0 Å². The zero-order valence-electron chi connectivity index (χ0n) is 12.8. The number of halogens is 2. The first-order valence-electron chi connectivity index (χ1n) is 7.51. The Kier molecular flexibility index (Phi) is 4.58. The number of amides is 1. The van der Waals surface area contributed by atoms with Gasteiger partial charge in [-0.2, -0.15) is 5.26 Å². The minimum atomic E-state index is -0.854. The number of nitrogens with zero attached hydrogens (tertiary/aromatic N) is 3. The lowest BCUT2D eigenvalue weighted by molar-refractivity contribution is 0.0596. The summed E-state index contributed by atoms with van der Waals surface area (Å²) in [5.74, 6) is -1.39. The molecule has 1 aliphatic heterocycles. The smallest absolute Gasteiger partial charge is 0.289 e. The lowest BCUT2D eigenvalue weighted by Gasteiger charge is -2.34. The van der Waals surface area contributed by atoms with Crippen molar-refractivity contribution >= 4 is 5.91 Å². The predicted octanol–water partition coefficient (Wildman–Crippen LogP) is 2.39. The maximum atomic E-state index is 13.9. The molecule has 0 spiro atoms. The third kappa shape index (κ3) is 3.29. The number of hydrogen-bond donors (Lipinski definition) is 0. The molecule has 0 saturated carbocycles. The molecule has 1 aromatic heterocycles. The lowest BCUT2D eigenvalue weighted by atomic mass is 10.1. The average Bonchev–Trinajstić information content (AvgIpc) is 3.12. The van der Waals surface area contributed by atoms with E-state index < -0.39 is 11.6 Å². The lowest BCUT2D eigenvalue weighted by Crippen LogP contribution is -2.48. The van der Waals surface area contributed by atoms with Crippen LogP contribution in [0.4, 0.5) is 8.78 Å². The summed E-state index contributed by atoms with van der Waals surface area (Å²) in [6.07, 6.45) is 1.45. The van der Waals surface area contributed by atoms with Gasteiger partial charge in [0.25, 0.3) is 5.91 Å². The van der Waals surface area contributed by atoms with Crippen molar-refractivity contribution in [2.75, 3.05) is 26.2 Å². The summed E-state index contributed by atoms with van der Waals surface area (Å²) >= 11 is 0. The summed E-state index contributed by atoms with van der Waals surface area (Å²) in [5.41, 5.74) is 0.108. The minimum absolute atomic E-state index is 0.167. The van der Waals surface area contributed by atoms with Gasteiger partial charge in [0.15, 0.2) is 5.76 Å². The standard InChI is InChI=1S/C17H15F2N3O2/c18-14-9-15(19)13(8-12(14)10-20)11-21-3-5-22(6-4-21)17(23)16-2-1-7-24-16/h1-2,7-9H,3-6,11H2. The van der Waals surface area contributed by atoms with Crippen LogP contribution in [0.2, 0.25) is 0 Å². The summed E-state index contributed by atoms with van der Waals surface area (Å²) in [4.78, 5) is 15.8. The third-order valence-electron chi connectivity index (χ3n) is 4.04. The highest BCUT2D eigenvalue weighted by Gasteiger charge is 2.24. The van der Waals surface area contributed by atoms with Gasteiger partial charge in [-0.25, -0.2) is 8.78 Å². The molecular weight excluding hydrogens is 316 g/mol. The van der Waals surface area contributed by atoms with Gasteiger partial charge in [0, 0.05) is 44.4 Å². The van der Waals surface area contributed by atoms with Gasteiger partial charge in [-0.15, -0.1) is 0 Å². The fourth-order valence-electron chi connectivity index (χ4n) is 2.71. The second kappa shape index (κ2) is 6.81. The van der Waals surface area contributed by atoms with Crippen LogP contribution in [0.15, 0.2) is 34.9 Å². The Hall–Kier alpha value is -2.72. The Labute approximate surface area is 137 Å². The summed E-state index contributed by atoms with van der Waals surface area (Å²) < 4.78 is 32.3. The molecule has 0 aliphatic carbocycles. The second-order valence-corrected chi connectivity index (χ2v) is 5.58. The first-order chi connectivity index (χ1) is 11.6. The van der Waals surface area contributed by atoms with E-state index in [1.165, 1.54) is 12.3 Å². The predicted molar refractivity (Wildman–Crippen MR) is 81.0 cm³/mol. The fraction of sp³-hybridized carbons (Fsp3) is 0.294. The van der Waals surface area contributed by atoms with E-state index in [0.717, 1.165) is 6.07 Å². The molecule has 7 heteroatoms. The Morgan fingerprint density at radius 2 is 1.96 bits per heavy atom. The quantitative estimate of drug-likeness (QED) is 0.866. The van der Waals surface area contributed by atoms with E-state index in [0.29, 0.717) is 31.9 Å². The number of hydrogen-bond acceptors (Lipinski definition) is 4. The molecule has 124 valence electrons. The number of nitriles is 1. The number of carbonyl (C=O) groups excluding carboxylic acids is 1. The molecule has 0 bridgehead atoms. The first kappa shape index (κ1) is 16.1. The summed E-state index contributed by atoms with van der Waals surface area (Å²) in [5, 5.41) is 8.85. The molecule has 0 N–H and O–H groups in total. The van der Waals surface area contributed by atoms with E-state index >= 15 is 0 Å². The van der Waals surface area contributed by atoms with Crippen molar-refractivity contribution in [3.8, 4) is 6.07 Å². The molecular formula is C17H15F2N3O2. The highest BCUT2D eigenvalue weighted by atomic mass is 19.1. The maximum absolute atomic E-state index is 13.9. The normalized spacial score (nSPS) is 15.3. The van der Waals surface area contributed by atoms with Crippen LogP contribution in [-0.4, -0.2) is 41.9 Å². The summed E-state index contributed by atoms with van der Waals surface area (Å²) in [7, 11) is 0. The molecule has 0 unspecified atom stereocenters. The summed E-state index contributed by atoms with van der Waals surface area (Å²) in [6, 6.07) is 6.97. The number of rotatable bonds is 3. The van der Waals surface area contributed by atoms with Gasteiger partial charge in [-0.05, 0) is 18.2 Å². The van der Waals surface area contributed by atoms with Crippen molar-refractivity contribution in [2.24, 2.45) is 0 Å². The topological polar surface area (TPSA) is 60.5 Å². The van der Waals surface area contributed by atoms with Gasteiger partial charge in [-0.1, -0.05) is 0 Å². The molecule has 0 atom stereocenters. The molecule has 5 nitrogen and oxygen atoms in total. The molecule has 1 aliphatic rings. The number of furan rings is 1. The van der Waals surface area contributed by atoms with Crippen LogP contribution in [0.1, 0.15) is 21.7 Å². The largest absolute Gasteiger partial charge is 0.459 e. The van der Waals surface area contributed by atoms with Crippen LogP contribution < -0.4 is 0 Å². The van der Waals surface area contributed by atoms with E-state index in [-0.39, 0.29) is 23.6 Å². The van der Waals surface area contributed by atoms with Gasteiger partial charge in [0.1, 0.15) is 17.7 Å². The Bertz CT molecular complexity index is 776. The molecule has 2 aromatic rings. The van der Waals surface area contributed by atoms with Crippen molar-refractivity contribution in [1.29, 1.82) is 5.26 Å². The fourth-order valence-corrected chi connectivity index (χ4v) is 2.71. The van der Waals surface area contributed by atoms with E-state index in [9.17, 15) is 13.6 Å². The van der Waals surface area contributed by atoms with E-state index in [2.05, 4.69) is 0 Å². The van der Waals surface area contributed by atoms with Gasteiger partial charge >= 0.3 is 0 Å². The molecule has 24 heavy (non-hydrogen) atoms. The Morgan fingerprint density at radius 3 is 2.58 bits per heavy atom. The summed E-state index contributed by atoms with van der Waals surface area (Å²) in [6.45, 7) is 2.38. The van der Waals surface area contributed by atoms with Crippen LogP contribution in [0.3, 0.4) is 0 Å². The first-order valence-corrected chi connectivity index (χ1v) is 7.51. The molecule has 1 fully saturated rings. The van der Waals surface area contributed by atoms with Gasteiger partial charge in [0.2, 0.25) is 0 Å². The van der Waals surface area contributed by atoms with Gasteiger partial charge in [-0.3, -0.25) is 9.69 Å². The monoisotopic (exact) mass is 331 g/mol. The molecule has 1 saturated heterocycles. The molecule has 1 aromatic carbocycles. The number of piperazine rings is 1. The second-order valence-electron chi connectivity index (χ2n) is 5.58. The van der Waals surface area contributed by atoms with E-state index in [1.807, 2.05) is 4.90 Å². The number of carbonyl (C=O) groups is 1. The van der Waals surface area contributed by atoms with Crippen LogP contribution in [0, 0.1) is 23.0 Å². The zero-order chi connectivity index (χ0) is 17.1. The van der Waals surface area contributed by atoms with Crippen molar-refractivity contribution in [3.05, 3.63) is 59.1 Å². The number of benzene rings is 1. The molecule has 3 rings (SSSR count). The zero-order valence-corrected chi connectivity index (χ0v) is 12.8. The van der Waals surface area contributed by atoms with Crippen molar-refractivity contribution < 1.29 is 18.0 Å². The SMILES string of the molecule is N#Cc1cc(CN2CCN(C(=O)c3ccco3)CC2)c(F)cc1F. The Balaban J connectivity index is 1.62. The Morgan fingerprint density at radius 1 is 1.21 bits per heavy atom. The van der Waals surface area contributed by atoms with Crippen LogP contribution >= 0.6 is 0 Å². The minimum Gasteiger partial charge on any atom is -0.459 e. The molecule has 0 radical (unpaired) electrons. The van der Waals surface area contributed by atoms with E-state index in [4.69, 9.17) is 9.68 Å². The van der Waals surface area contributed by atoms with E-state index in [1.54, 1.807) is 23.1 Å². The maximum Gasteiger partial charge on any atom is 0.289 e. The van der Waals surface area contributed by atoms with Crippen molar-refractivity contribution in [3.63, 3.8) is 0 Å². The molecule has 2 heterocycles. The van der Waals surface area contributed by atoms with Gasteiger partial charge in [0.05, 0.1) is 11.8 Å². The highest BCUT2D eigenvalue weighted by molar-refractivity contribution is 5.91. The average molecular weight is 331 g/mol. The highest BCUT2D eigenvalue weighted by Crippen LogP contribution is 2.18. The van der Waals surface area contributed by atoms with Gasteiger partial charge < -0.3 is 9.32 Å². The van der Waals surface area contributed by atoms with Crippen molar-refractivity contribution in [1.82, 2.24) is 9.80 Å². The van der Waals surface area contributed by atoms with Crippen LogP contribution in [0.25, 0.3) is 0 Å². The van der Waals surface area contributed by atoms with Crippen LogP contribution in [-0.2, 0) is 6.54 Å². The van der Waals surface area contributed by atoms with Crippen molar-refractivity contribution in [2.45, 2.75) is 6.54 Å². The molecule has 1 amide bonds.